The van der Waals surface area contributed by atoms with Gasteiger partial charge in [0.25, 0.3) is 0 Å². The van der Waals surface area contributed by atoms with Crippen LogP contribution in [0.5, 0.6) is 0 Å². The van der Waals surface area contributed by atoms with Gasteiger partial charge in [-0.2, -0.15) is 0 Å². The monoisotopic (exact) mass is 302 g/mol. The van der Waals surface area contributed by atoms with Gasteiger partial charge in [-0.05, 0) is 57.5 Å². The molecule has 1 unspecified atom stereocenters. The first-order valence-electron chi connectivity index (χ1n) is 7.09. The molecule has 1 saturated heterocycles. The summed E-state index contributed by atoms with van der Waals surface area (Å²) >= 11 is 7.53. The molecule has 0 aliphatic carbocycles. The normalized spacial score (nSPS) is 20.2. The van der Waals surface area contributed by atoms with Gasteiger partial charge in [0.15, 0.2) is 0 Å². The molecule has 2 N–H and O–H groups in total. The van der Waals surface area contributed by atoms with Crippen molar-refractivity contribution in [3.05, 3.63) is 21.3 Å². The first-order chi connectivity index (χ1) is 9.29. The number of hydrogen-bond donors (Lipinski definition) is 2. The zero-order chi connectivity index (χ0) is 13.5. The van der Waals surface area contributed by atoms with E-state index < -0.39 is 0 Å². The molecule has 1 aliphatic rings. The van der Waals surface area contributed by atoms with E-state index >= 15 is 0 Å². The summed E-state index contributed by atoms with van der Waals surface area (Å²) in [6.07, 6.45) is 4.79. The van der Waals surface area contributed by atoms with Crippen LogP contribution in [0.2, 0.25) is 4.34 Å². The van der Waals surface area contributed by atoms with E-state index in [2.05, 4.69) is 16.3 Å². The van der Waals surface area contributed by atoms with Crippen LogP contribution in [0.15, 0.2) is 12.1 Å². The van der Waals surface area contributed by atoms with E-state index in [1.54, 1.807) is 11.3 Å². The fourth-order valence-electron chi connectivity index (χ4n) is 2.62. The Labute approximate surface area is 124 Å². The lowest BCUT2D eigenvalue weighted by atomic mass is 10.2. The second-order valence-corrected chi connectivity index (χ2v) is 6.90. The van der Waals surface area contributed by atoms with Crippen molar-refractivity contribution in [2.75, 3.05) is 26.2 Å². The van der Waals surface area contributed by atoms with E-state index in [1.807, 2.05) is 6.07 Å². The number of thiophene rings is 1. The number of nitrogens with one attached hydrogen (secondary N) is 1. The minimum Gasteiger partial charge on any atom is -0.395 e. The van der Waals surface area contributed by atoms with Crippen LogP contribution in [0.4, 0.5) is 0 Å². The number of rotatable bonds is 8. The molecule has 19 heavy (non-hydrogen) atoms. The minimum atomic E-state index is 0.317. The summed E-state index contributed by atoms with van der Waals surface area (Å²) in [5, 5.41) is 12.7. The van der Waals surface area contributed by atoms with Crippen LogP contribution in [0.3, 0.4) is 0 Å². The summed E-state index contributed by atoms with van der Waals surface area (Å²) in [7, 11) is 0. The van der Waals surface area contributed by atoms with Crippen molar-refractivity contribution in [1.82, 2.24) is 10.2 Å². The van der Waals surface area contributed by atoms with E-state index in [0.29, 0.717) is 12.6 Å². The zero-order valence-electron chi connectivity index (χ0n) is 11.3. The molecule has 3 nitrogen and oxygen atoms in total. The van der Waals surface area contributed by atoms with E-state index in [1.165, 1.54) is 24.1 Å². The number of unbranched alkanes of at least 4 members (excludes halogenated alkanes) is 1. The fraction of sp³-hybridized carbons (Fsp3) is 0.714. The largest absolute Gasteiger partial charge is 0.395 e. The predicted octanol–water partition coefficient (Wildman–Crippen LogP) is 2.73. The van der Waals surface area contributed by atoms with Crippen molar-refractivity contribution in [2.24, 2.45) is 0 Å². The van der Waals surface area contributed by atoms with Gasteiger partial charge < -0.3 is 10.4 Å². The molecule has 1 atom stereocenters. The topological polar surface area (TPSA) is 35.5 Å². The smallest absolute Gasteiger partial charge is 0.0931 e. The number of nitrogens with zero attached hydrogens (tertiary/aromatic N) is 1. The molecule has 5 heteroatoms. The Bertz CT molecular complexity index is 372. The van der Waals surface area contributed by atoms with Gasteiger partial charge in [-0.3, -0.25) is 4.90 Å². The maximum atomic E-state index is 9.24. The molecule has 1 fully saturated rings. The minimum absolute atomic E-state index is 0.317. The maximum absolute atomic E-state index is 9.24. The van der Waals surface area contributed by atoms with Crippen LogP contribution < -0.4 is 5.32 Å². The van der Waals surface area contributed by atoms with Crippen LogP contribution in [-0.4, -0.2) is 42.3 Å². The molecule has 2 rings (SSSR count). The molecule has 0 aromatic carbocycles. The van der Waals surface area contributed by atoms with Crippen molar-refractivity contribution in [3.8, 4) is 0 Å². The summed E-state index contributed by atoms with van der Waals surface area (Å²) in [5.74, 6) is 0. The lowest BCUT2D eigenvalue weighted by molar-refractivity contribution is 0.157. The highest BCUT2D eigenvalue weighted by molar-refractivity contribution is 7.16. The third kappa shape index (κ3) is 5.04. The van der Waals surface area contributed by atoms with Gasteiger partial charge in [0.2, 0.25) is 0 Å². The summed E-state index contributed by atoms with van der Waals surface area (Å²) in [6.45, 7) is 4.56. The molecule has 0 saturated carbocycles. The Hall–Kier alpha value is -0.130. The molecule has 0 amide bonds. The highest BCUT2D eigenvalue weighted by atomic mass is 35.5. The summed E-state index contributed by atoms with van der Waals surface area (Å²) in [5.41, 5.74) is 0. The fourth-order valence-corrected chi connectivity index (χ4v) is 3.68. The summed E-state index contributed by atoms with van der Waals surface area (Å²) in [6, 6.07) is 4.45. The highest BCUT2D eigenvalue weighted by Gasteiger charge is 2.22. The van der Waals surface area contributed by atoms with E-state index in [9.17, 15) is 5.11 Å². The van der Waals surface area contributed by atoms with Gasteiger partial charge in [0, 0.05) is 17.5 Å². The van der Waals surface area contributed by atoms with Crippen molar-refractivity contribution >= 4 is 22.9 Å². The standard InChI is InChI=1S/C14H23ClN2OS/c15-14-6-5-13(19-14)10-16-7-1-2-8-17-9-3-4-12(17)11-18/h5-6,12,16,18H,1-4,7-11H2. The Morgan fingerprint density at radius 1 is 1.42 bits per heavy atom. The first kappa shape index (κ1) is 15.3. The Morgan fingerprint density at radius 3 is 3.05 bits per heavy atom. The van der Waals surface area contributed by atoms with E-state index in [4.69, 9.17) is 11.6 Å². The number of aliphatic hydroxyl groups excluding tert-OH is 1. The van der Waals surface area contributed by atoms with Gasteiger partial charge in [0.05, 0.1) is 10.9 Å². The second kappa shape index (κ2) is 8.22. The van der Waals surface area contributed by atoms with E-state index in [-0.39, 0.29) is 0 Å². The Morgan fingerprint density at radius 2 is 2.32 bits per heavy atom. The Kier molecular flexibility index (Phi) is 6.61. The van der Waals surface area contributed by atoms with Gasteiger partial charge in [-0.15, -0.1) is 11.3 Å². The number of aliphatic hydroxyl groups is 1. The molecule has 1 aromatic rings. The molecule has 1 aromatic heterocycles. The summed E-state index contributed by atoms with van der Waals surface area (Å²) in [4.78, 5) is 3.73. The van der Waals surface area contributed by atoms with E-state index in [0.717, 1.165) is 36.9 Å². The van der Waals surface area contributed by atoms with Gasteiger partial charge >= 0.3 is 0 Å². The molecule has 0 spiro atoms. The van der Waals surface area contributed by atoms with Crippen LogP contribution in [-0.2, 0) is 6.54 Å². The predicted molar refractivity (Wildman–Crippen MR) is 82.0 cm³/mol. The molecule has 108 valence electrons. The Balaban J connectivity index is 1.50. The van der Waals surface area contributed by atoms with Crippen LogP contribution >= 0.6 is 22.9 Å². The lowest BCUT2D eigenvalue weighted by Gasteiger charge is -2.22. The number of halogens is 1. The summed E-state index contributed by atoms with van der Waals surface area (Å²) < 4.78 is 0.862. The molecular weight excluding hydrogens is 280 g/mol. The zero-order valence-corrected chi connectivity index (χ0v) is 12.8. The van der Waals surface area contributed by atoms with Crippen molar-refractivity contribution in [3.63, 3.8) is 0 Å². The highest BCUT2D eigenvalue weighted by Crippen LogP contribution is 2.21. The van der Waals surface area contributed by atoms with Crippen LogP contribution in [0.25, 0.3) is 0 Å². The molecule has 1 aliphatic heterocycles. The van der Waals surface area contributed by atoms with Gasteiger partial charge in [-0.25, -0.2) is 0 Å². The van der Waals surface area contributed by atoms with Crippen molar-refractivity contribution < 1.29 is 5.11 Å². The van der Waals surface area contributed by atoms with Crippen molar-refractivity contribution in [2.45, 2.75) is 38.3 Å². The second-order valence-electron chi connectivity index (χ2n) is 5.10. The SMILES string of the molecule is OCC1CCCN1CCCCNCc1ccc(Cl)s1. The lowest BCUT2D eigenvalue weighted by Crippen LogP contribution is -2.33. The first-order valence-corrected chi connectivity index (χ1v) is 8.29. The number of hydrogen-bond acceptors (Lipinski definition) is 4. The quantitative estimate of drug-likeness (QED) is 0.725. The van der Waals surface area contributed by atoms with Crippen molar-refractivity contribution in [1.29, 1.82) is 0 Å². The third-order valence-electron chi connectivity index (χ3n) is 3.69. The van der Waals surface area contributed by atoms with Gasteiger partial charge in [-0.1, -0.05) is 11.6 Å². The third-order valence-corrected chi connectivity index (χ3v) is 4.92. The molecular formula is C14H23ClN2OS. The molecule has 2 heterocycles. The maximum Gasteiger partial charge on any atom is 0.0931 e. The molecule has 0 radical (unpaired) electrons. The average molecular weight is 303 g/mol. The van der Waals surface area contributed by atoms with Crippen LogP contribution in [0, 0.1) is 0 Å². The number of likely N-dealkylation sites (tertiary alicyclic amines) is 1. The average Bonchev–Trinajstić information content (AvgIpc) is 3.02. The van der Waals surface area contributed by atoms with Gasteiger partial charge in [0.1, 0.15) is 0 Å². The molecule has 0 bridgehead atoms. The van der Waals surface area contributed by atoms with Crippen LogP contribution in [0.1, 0.15) is 30.6 Å².